The Labute approximate surface area is 155 Å². The molecule has 3 aromatic rings. The summed E-state index contributed by atoms with van der Waals surface area (Å²) in [6, 6.07) is 12.6. The molecule has 2 aromatic heterocycles. The van der Waals surface area contributed by atoms with Crippen LogP contribution in [0.4, 0.5) is 24.5 Å². The van der Waals surface area contributed by atoms with Gasteiger partial charge in [0.2, 0.25) is 0 Å². The lowest BCUT2D eigenvalue weighted by atomic mass is 10.2. The third-order valence-corrected chi connectivity index (χ3v) is 4.50. The molecule has 3 N–H and O–H groups in total. The molecular formula is C18H14F3N3O2S. The van der Waals surface area contributed by atoms with E-state index in [0.29, 0.717) is 5.69 Å². The predicted molar refractivity (Wildman–Crippen MR) is 99.3 cm³/mol. The van der Waals surface area contributed by atoms with Crippen LogP contribution >= 0.6 is 11.3 Å². The van der Waals surface area contributed by atoms with Gasteiger partial charge in [-0.25, -0.2) is 0 Å². The van der Waals surface area contributed by atoms with Crippen molar-refractivity contribution in [2.75, 3.05) is 17.2 Å². The summed E-state index contributed by atoms with van der Waals surface area (Å²) in [5, 5.41) is 6.56. The smallest absolute Gasteiger partial charge is 0.375 e. The molecule has 0 aliphatic rings. The highest BCUT2D eigenvalue weighted by molar-refractivity contribution is 7.13. The van der Waals surface area contributed by atoms with E-state index >= 15 is 0 Å². The molecule has 0 saturated carbocycles. The van der Waals surface area contributed by atoms with Gasteiger partial charge < -0.3 is 15.6 Å². The predicted octanol–water partition coefficient (Wildman–Crippen LogP) is 4.33. The highest BCUT2D eigenvalue weighted by Gasteiger charge is 2.27. The van der Waals surface area contributed by atoms with Crippen molar-refractivity contribution in [3.8, 4) is 10.6 Å². The summed E-state index contributed by atoms with van der Waals surface area (Å²) in [6.45, 7) is -1.24. The zero-order valence-electron chi connectivity index (χ0n) is 13.8. The molecule has 0 aliphatic carbocycles. The van der Waals surface area contributed by atoms with Crippen molar-refractivity contribution in [1.29, 1.82) is 0 Å². The Bertz CT molecular complexity index is 998. The molecule has 5 nitrogen and oxygen atoms in total. The van der Waals surface area contributed by atoms with E-state index in [1.165, 1.54) is 35.6 Å². The molecule has 0 spiro atoms. The van der Waals surface area contributed by atoms with E-state index in [2.05, 4.69) is 15.6 Å². The maximum Gasteiger partial charge on any atom is 0.405 e. The number of halogens is 3. The topological polar surface area (TPSA) is 74.0 Å². The van der Waals surface area contributed by atoms with E-state index in [1.807, 2.05) is 17.5 Å². The van der Waals surface area contributed by atoms with E-state index in [9.17, 15) is 22.8 Å². The standard InChI is InChI=1S/C18H14F3N3O2S/c19-18(20,21)10-22-12-4-1-2-5-13(12)23-16(25)11-7-8-14(24-17(11)26)15-6-3-9-27-15/h1-9,22H,10H2,(H,23,25)(H,24,26). The number of nitrogens with one attached hydrogen (secondary N) is 3. The number of para-hydroxylation sites is 2. The van der Waals surface area contributed by atoms with Gasteiger partial charge in [0.05, 0.1) is 21.9 Å². The normalized spacial score (nSPS) is 11.2. The molecule has 0 unspecified atom stereocenters. The second-order valence-corrected chi connectivity index (χ2v) is 6.51. The first-order valence-electron chi connectivity index (χ1n) is 7.82. The van der Waals surface area contributed by atoms with Crippen LogP contribution in [0.1, 0.15) is 10.4 Å². The zero-order chi connectivity index (χ0) is 19.4. The van der Waals surface area contributed by atoms with Crippen LogP contribution in [0.25, 0.3) is 10.6 Å². The third kappa shape index (κ3) is 4.76. The Kier molecular flexibility index (Phi) is 5.31. The number of anilines is 2. The van der Waals surface area contributed by atoms with E-state index in [1.54, 1.807) is 12.1 Å². The second-order valence-electron chi connectivity index (χ2n) is 5.56. The van der Waals surface area contributed by atoms with Gasteiger partial charge in [0, 0.05) is 0 Å². The number of H-pyrrole nitrogens is 1. The highest BCUT2D eigenvalue weighted by Crippen LogP contribution is 2.24. The molecule has 0 aliphatic heterocycles. The maximum atomic E-state index is 12.4. The number of carbonyl (C=O) groups is 1. The van der Waals surface area contributed by atoms with E-state index < -0.39 is 24.2 Å². The van der Waals surface area contributed by atoms with Crippen molar-refractivity contribution in [3.63, 3.8) is 0 Å². The highest BCUT2D eigenvalue weighted by atomic mass is 32.1. The van der Waals surface area contributed by atoms with Crippen LogP contribution in [0, 0.1) is 0 Å². The Morgan fingerprint density at radius 1 is 1.04 bits per heavy atom. The number of alkyl halides is 3. The van der Waals surface area contributed by atoms with Crippen LogP contribution in [-0.4, -0.2) is 23.6 Å². The first kappa shape index (κ1) is 18.7. The summed E-state index contributed by atoms with van der Waals surface area (Å²) in [4.78, 5) is 28.1. The molecule has 140 valence electrons. The number of carbonyl (C=O) groups excluding carboxylic acids is 1. The molecule has 0 saturated heterocycles. The minimum absolute atomic E-state index is 0.106. The van der Waals surface area contributed by atoms with E-state index in [0.717, 1.165) is 4.88 Å². The molecule has 27 heavy (non-hydrogen) atoms. The van der Waals surface area contributed by atoms with Crippen molar-refractivity contribution in [2.24, 2.45) is 0 Å². The van der Waals surface area contributed by atoms with Crippen molar-refractivity contribution in [2.45, 2.75) is 6.18 Å². The van der Waals surface area contributed by atoms with E-state index in [-0.39, 0.29) is 16.9 Å². The molecular weight excluding hydrogens is 379 g/mol. The maximum absolute atomic E-state index is 12.4. The lowest BCUT2D eigenvalue weighted by Crippen LogP contribution is -2.25. The lowest BCUT2D eigenvalue weighted by Gasteiger charge is -2.14. The van der Waals surface area contributed by atoms with Gasteiger partial charge in [0.1, 0.15) is 12.1 Å². The number of thiophene rings is 1. The quantitative estimate of drug-likeness (QED) is 0.604. The SMILES string of the molecule is O=C(Nc1ccccc1NCC(F)(F)F)c1ccc(-c2cccs2)[nH]c1=O. The number of benzene rings is 1. The molecule has 0 atom stereocenters. The minimum Gasteiger partial charge on any atom is -0.375 e. The number of hydrogen-bond acceptors (Lipinski definition) is 4. The largest absolute Gasteiger partial charge is 0.405 e. The van der Waals surface area contributed by atoms with Gasteiger partial charge >= 0.3 is 6.18 Å². The summed E-state index contributed by atoms with van der Waals surface area (Å²) < 4.78 is 37.2. The number of aromatic nitrogens is 1. The Hall–Kier alpha value is -3.07. The zero-order valence-corrected chi connectivity index (χ0v) is 14.6. The van der Waals surface area contributed by atoms with Gasteiger partial charge in [0.15, 0.2) is 0 Å². The second kappa shape index (κ2) is 7.67. The average Bonchev–Trinajstić information content (AvgIpc) is 3.14. The Balaban J connectivity index is 1.79. The first-order valence-corrected chi connectivity index (χ1v) is 8.70. The molecule has 0 fully saturated rings. The summed E-state index contributed by atoms with van der Waals surface area (Å²) in [6.07, 6.45) is -4.40. The average molecular weight is 393 g/mol. The van der Waals surface area contributed by atoms with Crippen molar-refractivity contribution in [3.05, 3.63) is 69.8 Å². The van der Waals surface area contributed by atoms with Gasteiger partial charge in [-0.3, -0.25) is 9.59 Å². The fourth-order valence-electron chi connectivity index (χ4n) is 2.36. The van der Waals surface area contributed by atoms with Crippen molar-refractivity contribution >= 4 is 28.6 Å². The van der Waals surface area contributed by atoms with Gasteiger partial charge in [-0.1, -0.05) is 18.2 Å². The number of pyridine rings is 1. The molecule has 9 heteroatoms. The molecule has 3 rings (SSSR count). The lowest BCUT2D eigenvalue weighted by molar-refractivity contribution is -0.115. The van der Waals surface area contributed by atoms with Gasteiger partial charge in [-0.15, -0.1) is 11.3 Å². The number of hydrogen-bond donors (Lipinski definition) is 3. The van der Waals surface area contributed by atoms with Crippen LogP contribution in [0.15, 0.2) is 58.7 Å². The van der Waals surface area contributed by atoms with Gasteiger partial charge in [0.25, 0.3) is 11.5 Å². The molecule has 1 amide bonds. The Morgan fingerprint density at radius 3 is 2.41 bits per heavy atom. The summed E-state index contributed by atoms with van der Waals surface area (Å²) in [7, 11) is 0. The van der Waals surface area contributed by atoms with Crippen LogP contribution in [0.2, 0.25) is 0 Å². The van der Waals surface area contributed by atoms with Crippen molar-refractivity contribution in [1.82, 2.24) is 4.98 Å². The summed E-state index contributed by atoms with van der Waals surface area (Å²) in [5.74, 6) is -0.713. The van der Waals surface area contributed by atoms with E-state index in [4.69, 9.17) is 0 Å². The molecule has 0 bridgehead atoms. The van der Waals surface area contributed by atoms with Gasteiger partial charge in [-0.05, 0) is 35.7 Å². The summed E-state index contributed by atoms with van der Waals surface area (Å²) in [5.41, 5.74) is 0.113. The van der Waals surface area contributed by atoms with Crippen LogP contribution in [-0.2, 0) is 0 Å². The molecule has 1 aromatic carbocycles. The number of rotatable bonds is 5. The first-order chi connectivity index (χ1) is 12.8. The molecule has 2 heterocycles. The van der Waals surface area contributed by atoms with Crippen LogP contribution in [0.3, 0.4) is 0 Å². The van der Waals surface area contributed by atoms with Crippen LogP contribution in [0.5, 0.6) is 0 Å². The third-order valence-electron chi connectivity index (χ3n) is 3.60. The fourth-order valence-corrected chi connectivity index (χ4v) is 3.07. The minimum atomic E-state index is -4.40. The monoisotopic (exact) mass is 393 g/mol. The van der Waals surface area contributed by atoms with Crippen molar-refractivity contribution < 1.29 is 18.0 Å². The number of amides is 1. The summed E-state index contributed by atoms with van der Waals surface area (Å²) >= 11 is 1.44. The fraction of sp³-hybridized carbons (Fsp3) is 0.111. The number of aromatic amines is 1. The van der Waals surface area contributed by atoms with Gasteiger partial charge in [-0.2, -0.15) is 13.2 Å². The Morgan fingerprint density at radius 2 is 1.78 bits per heavy atom. The molecule has 0 radical (unpaired) electrons. The van der Waals surface area contributed by atoms with Crippen LogP contribution < -0.4 is 16.2 Å².